The van der Waals surface area contributed by atoms with Crippen LogP contribution in [0.15, 0.2) is 24.3 Å². The van der Waals surface area contributed by atoms with Crippen LogP contribution in [0, 0.1) is 19.7 Å². The first-order valence-corrected chi connectivity index (χ1v) is 7.30. The second-order valence-corrected chi connectivity index (χ2v) is 5.36. The molecule has 2 aromatic rings. The van der Waals surface area contributed by atoms with Gasteiger partial charge in [0.25, 0.3) is 0 Å². The molecule has 0 aliphatic rings. The van der Waals surface area contributed by atoms with Crippen LogP contribution in [0.25, 0.3) is 0 Å². The van der Waals surface area contributed by atoms with Crippen molar-refractivity contribution in [1.82, 2.24) is 15.5 Å². The van der Waals surface area contributed by atoms with E-state index in [0.29, 0.717) is 0 Å². The summed E-state index contributed by atoms with van der Waals surface area (Å²) in [4.78, 5) is 0. The molecule has 21 heavy (non-hydrogen) atoms. The lowest BCUT2D eigenvalue weighted by molar-refractivity contribution is 0.575. The Labute approximate surface area is 125 Å². The van der Waals surface area contributed by atoms with Crippen LogP contribution in [0.3, 0.4) is 0 Å². The molecule has 1 N–H and O–H groups in total. The Hall–Kier alpha value is -1.81. The summed E-state index contributed by atoms with van der Waals surface area (Å²) >= 11 is 0. The lowest BCUT2D eigenvalue weighted by Crippen LogP contribution is -2.22. The molecule has 0 fully saturated rings. The third-order valence-electron chi connectivity index (χ3n) is 3.81. The highest BCUT2D eigenvalue weighted by atomic mass is 19.1. The molecule has 0 amide bonds. The topological polar surface area (TPSA) is 37.8 Å². The zero-order chi connectivity index (χ0) is 15.4. The lowest BCUT2D eigenvalue weighted by atomic mass is 9.94. The molecule has 1 aromatic heterocycles. The summed E-state index contributed by atoms with van der Waals surface area (Å²) in [5.41, 5.74) is 5.23. The largest absolute Gasteiger partial charge is 0.313 e. The zero-order valence-corrected chi connectivity index (χ0v) is 13.1. The van der Waals surface area contributed by atoms with Gasteiger partial charge in [-0.3, -0.25) is 0 Å². The number of rotatable bonds is 5. The molecule has 0 saturated carbocycles. The summed E-state index contributed by atoms with van der Waals surface area (Å²) in [5, 5.41) is 11.8. The second-order valence-electron chi connectivity index (χ2n) is 5.36. The standard InChI is InChI=1S/C17H22FN3/c1-5-16-15(9-12(3)20-21-16)17(19-4)10-13-6-7-14(18)8-11(13)2/h6-9,17,19H,5,10H2,1-4H3. The molecule has 1 heterocycles. The van der Waals surface area contributed by atoms with Gasteiger partial charge in [-0.05, 0) is 68.6 Å². The highest BCUT2D eigenvalue weighted by molar-refractivity contribution is 5.31. The fraction of sp³-hybridized carbons (Fsp3) is 0.412. The van der Waals surface area contributed by atoms with Gasteiger partial charge in [-0.25, -0.2) is 4.39 Å². The molecule has 1 unspecified atom stereocenters. The Morgan fingerprint density at radius 1 is 1.19 bits per heavy atom. The molecule has 0 aliphatic heterocycles. The van der Waals surface area contributed by atoms with Gasteiger partial charge in [0, 0.05) is 6.04 Å². The zero-order valence-electron chi connectivity index (χ0n) is 13.1. The summed E-state index contributed by atoms with van der Waals surface area (Å²) in [6, 6.07) is 7.21. The predicted molar refractivity (Wildman–Crippen MR) is 82.8 cm³/mol. The predicted octanol–water partition coefficient (Wildman–Crippen LogP) is 3.30. The van der Waals surface area contributed by atoms with E-state index in [-0.39, 0.29) is 11.9 Å². The normalized spacial score (nSPS) is 12.4. The average Bonchev–Trinajstić information content (AvgIpc) is 2.46. The van der Waals surface area contributed by atoms with Crippen molar-refractivity contribution in [3.63, 3.8) is 0 Å². The van der Waals surface area contributed by atoms with Crippen molar-refractivity contribution >= 4 is 0 Å². The molecule has 1 aromatic carbocycles. The van der Waals surface area contributed by atoms with Crippen molar-refractivity contribution in [2.24, 2.45) is 0 Å². The SMILES string of the molecule is CCc1nnc(C)cc1C(Cc1ccc(F)cc1C)NC. The Kier molecular flexibility index (Phi) is 5.02. The Balaban J connectivity index is 2.34. The van der Waals surface area contributed by atoms with Crippen LogP contribution >= 0.6 is 0 Å². The molecule has 0 spiro atoms. The van der Waals surface area contributed by atoms with E-state index in [1.165, 1.54) is 11.6 Å². The van der Waals surface area contributed by atoms with E-state index in [1.54, 1.807) is 6.07 Å². The Morgan fingerprint density at radius 3 is 2.57 bits per heavy atom. The number of halogens is 1. The lowest BCUT2D eigenvalue weighted by Gasteiger charge is -2.20. The fourth-order valence-corrected chi connectivity index (χ4v) is 2.59. The van der Waals surface area contributed by atoms with Crippen molar-refractivity contribution in [2.45, 2.75) is 39.7 Å². The first-order chi connectivity index (χ1) is 10.0. The minimum atomic E-state index is -0.187. The summed E-state index contributed by atoms with van der Waals surface area (Å²) in [5.74, 6) is -0.187. The summed E-state index contributed by atoms with van der Waals surface area (Å²) in [6.07, 6.45) is 1.66. The summed E-state index contributed by atoms with van der Waals surface area (Å²) in [6.45, 7) is 5.98. The molecule has 0 bridgehead atoms. The van der Waals surface area contributed by atoms with Gasteiger partial charge in [0.05, 0.1) is 11.4 Å². The van der Waals surface area contributed by atoms with E-state index < -0.39 is 0 Å². The second kappa shape index (κ2) is 6.76. The first kappa shape index (κ1) is 15.6. The van der Waals surface area contributed by atoms with Gasteiger partial charge in [0.1, 0.15) is 5.82 Å². The maximum atomic E-state index is 13.2. The highest BCUT2D eigenvalue weighted by Crippen LogP contribution is 2.23. The third-order valence-corrected chi connectivity index (χ3v) is 3.81. The smallest absolute Gasteiger partial charge is 0.123 e. The summed E-state index contributed by atoms with van der Waals surface area (Å²) < 4.78 is 13.2. The number of likely N-dealkylation sites (N-methyl/N-ethyl adjacent to an activating group) is 1. The quantitative estimate of drug-likeness (QED) is 0.917. The maximum Gasteiger partial charge on any atom is 0.123 e. The molecule has 0 saturated heterocycles. The molecule has 0 radical (unpaired) electrons. The Morgan fingerprint density at radius 2 is 1.95 bits per heavy atom. The van der Waals surface area contributed by atoms with Gasteiger partial charge in [-0.15, -0.1) is 0 Å². The number of hydrogen-bond donors (Lipinski definition) is 1. The maximum absolute atomic E-state index is 13.2. The average molecular weight is 287 g/mol. The van der Waals surface area contributed by atoms with Gasteiger partial charge in [0.15, 0.2) is 0 Å². The fourth-order valence-electron chi connectivity index (χ4n) is 2.59. The first-order valence-electron chi connectivity index (χ1n) is 7.30. The van der Waals surface area contributed by atoms with Crippen LogP contribution in [-0.2, 0) is 12.8 Å². The molecule has 112 valence electrons. The van der Waals surface area contributed by atoms with Crippen LogP contribution in [0.2, 0.25) is 0 Å². The van der Waals surface area contributed by atoms with Crippen LogP contribution in [0.5, 0.6) is 0 Å². The molecular weight excluding hydrogens is 265 g/mol. The van der Waals surface area contributed by atoms with Crippen LogP contribution in [0.4, 0.5) is 4.39 Å². The van der Waals surface area contributed by atoms with E-state index in [4.69, 9.17) is 0 Å². The van der Waals surface area contributed by atoms with E-state index in [2.05, 4.69) is 28.5 Å². The molecule has 4 heteroatoms. The van der Waals surface area contributed by atoms with E-state index in [9.17, 15) is 4.39 Å². The molecule has 3 nitrogen and oxygen atoms in total. The molecular formula is C17H22FN3. The number of hydrogen-bond acceptors (Lipinski definition) is 3. The monoisotopic (exact) mass is 287 g/mol. The van der Waals surface area contributed by atoms with Crippen molar-refractivity contribution < 1.29 is 4.39 Å². The molecule has 1 atom stereocenters. The van der Waals surface area contributed by atoms with Gasteiger partial charge >= 0.3 is 0 Å². The van der Waals surface area contributed by atoms with E-state index >= 15 is 0 Å². The number of nitrogens with one attached hydrogen (secondary N) is 1. The van der Waals surface area contributed by atoms with Crippen LogP contribution < -0.4 is 5.32 Å². The minimum Gasteiger partial charge on any atom is -0.313 e. The van der Waals surface area contributed by atoms with Crippen LogP contribution in [-0.4, -0.2) is 17.2 Å². The van der Waals surface area contributed by atoms with Gasteiger partial charge in [-0.2, -0.15) is 10.2 Å². The van der Waals surface area contributed by atoms with Crippen molar-refractivity contribution in [3.8, 4) is 0 Å². The Bertz CT molecular complexity index is 625. The van der Waals surface area contributed by atoms with E-state index in [0.717, 1.165) is 35.4 Å². The highest BCUT2D eigenvalue weighted by Gasteiger charge is 2.16. The van der Waals surface area contributed by atoms with Gasteiger partial charge in [-0.1, -0.05) is 13.0 Å². The van der Waals surface area contributed by atoms with Crippen molar-refractivity contribution in [2.75, 3.05) is 7.05 Å². The van der Waals surface area contributed by atoms with Gasteiger partial charge < -0.3 is 5.32 Å². The third kappa shape index (κ3) is 3.64. The van der Waals surface area contributed by atoms with Crippen molar-refractivity contribution in [1.29, 1.82) is 0 Å². The molecule has 2 rings (SSSR count). The number of benzene rings is 1. The van der Waals surface area contributed by atoms with Gasteiger partial charge in [0.2, 0.25) is 0 Å². The minimum absolute atomic E-state index is 0.151. The summed E-state index contributed by atoms with van der Waals surface area (Å²) in [7, 11) is 1.94. The number of aromatic nitrogens is 2. The van der Waals surface area contributed by atoms with E-state index in [1.807, 2.05) is 27.0 Å². The van der Waals surface area contributed by atoms with Crippen molar-refractivity contribution in [3.05, 3.63) is 58.2 Å². The number of aryl methyl sites for hydroxylation is 3. The number of nitrogens with zero attached hydrogens (tertiary/aromatic N) is 2. The molecule has 0 aliphatic carbocycles. The van der Waals surface area contributed by atoms with Crippen LogP contribution in [0.1, 0.15) is 41.0 Å².